The van der Waals surface area contributed by atoms with Crippen LogP contribution in [0.2, 0.25) is 0 Å². The summed E-state index contributed by atoms with van der Waals surface area (Å²) in [4.78, 5) is 0. The molecule has 0 spiro atoms. The lowest BCUT2D eigenvalue weighted by molar-refractivity contribution is 0.456. The van der Waals surface area contributed by atoms with Crippen molar-refractivity contribution in [3.05, 3.63) is 114 Å². The number of hydrogen-bond acceptors (Lipinski definition) is 4. The van der Waals surface area contributed by atoms with Gasteiger partial charge in [0.1, 0.15) is 0 Å². The molecule has 0 unspecified atom stereocenters. The van der Waals surface area contributed by atoms with Gasteiger partial charge in [-0.3, -0.25) is 10.9 Å². The van der Waals surface area contributed by atoms with E-state index < -0.39 is 0 Å². The van der Waals surface area contributed by atoms with E-state index in [1.165, 1.54) is 47.1 Å². The Kier molecular flexibility index (Phi) is 49.6. The smallest absolute Gasteiger partial charge is 0.0314 e. The minimum Gasteiger partial charge on any atom is -0.399 e. The van der Waals surface area contributed by atoms with Gasteiger partial charge in [-0.05, 0) is 95.6 Å². The molecule has 45 heavy (non-hydrogen) atoms. The fourth-order valence-corrected chi connectivity index (χ4v) is 3.34. The zero-order chi connectivity index (χ0) is 35.9. The molecule has 1 aliphatic carbocycles. The first-order valence-corrected chi connectivity index (χ1v) is 17.3. The van der Waals surface area contributed by atoms with Crippen molar-refractivity contribution in [2.75, 3.05) is 25.9 Å². The van der Waals surface area contributed by atoms with Crippen LogP contribution < -0.4 is 22.3 Å². The number of benzene rings is 2. The minimum atomic E-state index is 0.669. The molecule has 0 aliphatic heterocycles. The van der Waals surface area contributed by atoms with Gasteiger partial charge in [0.2, 0.25) is 0 Å². The van der Waals surface area contributed by atoms with E-state index in [4.69, 9.17) is 11.5 Å². The molecule has 0 saturated carbocycles. The molecular formula is C41H76N4. The third-order valence-corrected chi connectivity index (χ3v) is 5.76. The molecule has 1 atom stereocenters. The molecule has 4 heteroatoms. The number of aryl methyl sites for hydroxylation is 1. The number of anilines is 1. The lowest BCUT2D eigenvalue weighted by Gasteiger charge is -2.09. The van der Waals surface area contributed by atoms with E-state index in [0.717, 1.165) is 31.6 Å². The number of hydrazine groups is 1. The first kappa shape index (κ1) is 51.6. The minimum absolute atomic E-state index is 0.669. The standard InChI is InChI=1S/C14H15N.C9H14.C6H17N3.C4H6.4C2H6/c1-11-2-4-12(5-3-11)10-13-6-8-14(15)9-7-13;1-8-4-3-5-9(2)7-6-8;1-6(3-4-7)5-9-8-2;1-3-4-2;4*1-2/h2-9H,10,15H2,1H3;6-7H,3-5H2,1-2H3;6,8-9H,3-5,7H2,1-2H3;3-4H,1-2H2;4*1-2H3/t;;6-;;;;;/m..0...../s1. The molecule has 0 fully saturated rings. The quantitative estimate of drug-likeness (QED) is 0.134. The fourth-order valence-electron chi connectivity index (χ4n) is 3.34. The van der Waals surface area contributed by atoms with Gasteiger partial charge < -0.3 is 11.5 Å². The highest BCUT2D eigenvalue weighted by Gasteiger charge is 1.98. The maximum atomic E-state index is 5.64. The molecule has 0 saturated heterocycles. The normalized spacial score (nSPS) is 11.2. The lowest BCUT2D eigenvalue weighted by Crippen LogP contribution is -2.32. The van der Waals surface area contributed by atoms with Crippen LogP contribution in [0, 0.1) is 12.8 Å². The fraction of sp³-hybridized carbons (Fsp3) is 0.512. The molecule has 4 nitrogen and oxygen atoms in total. The summed E-state index contributed by atoms with van der Waals surface area (Å²) in [5.41, 5.74) is 24.7. The van der Waals surface area contributed by atoms with Crippen LogP contribution in [-0.2, 0) is 6.42 Å². The van der Waals surface area contributed by atoms with Crippen LogP contribution in [0.3, 0.4) is 0 Å². The predicted octanol–water partition coefficient (Wildman–Crippen LogP) is 11.4. The van der Waals surface area contributed by atoms with Crippen molar-refractivity contribution in [3.8, 4) is 0 Å². The van der Waals surface area contributed by atoms with Crippen molar-refractivity contribution < 1.29 is 0 Å². The first-order valence-electron chi connectivity index (χ1n) is 17.3. The number of nitrogens with two attached hydrogens (primary N) is 2. The SMILES string of the molecule is C=CC=C.CC.CC.CC.CC.CC1=CC=C(C)CCC1.CNNC[C@@H](C)CCN.Cc1ccc(Cc2ccc(N)cc2)cc1. The average Bonchev–Trinajstić information content (AvgIpc) is 3.29. The largest absolute Gasteiger partial charge is 0.399 e. The Morgan fingerprint density at radius 2 is 1.13 bits per heavy atom. The van der Waals surface area contributed by atoms with E-state index in [-0.39, 0.29) is 0 Å². The summed E-state index contributed by atoms with van der Waals surface area (Å²) in [5, 5.41) is 0. The van der Waals surface area contributed by atoms with Gasteiger partial charge in [-0.2, -0.15) is 0 Å². The Bertz CT molecular complexity index is 842. The van der Waals surface area contributed by atoms with E-state index in [1.807, 2.05) is 74.6 Å². The van der Waals surface area contributed by atoms with Gasteiger partial charge in [-0.1, -0.05) is 153 Å². The Morgan fingerprint density at radius 3 is 1.49 bits per heavy atom. The predicted molar refractivity (Wildman–Crippen MR) is 212 cm³/mol. The zero-order valence-corrected chi connectivity index (χ0v) is 32.0. The van der Waals surface area contributed by atoms with Crippen LogP contribution in [0.5, 0.6) is 0 Å². The monoisotopic (exact) mass is 625 g/mol. The molecule has 260 valence electrons. The van der Waals surface area contributed by atoms with Crippen LogP contribution >= 0.6 is 0 Å². The van der Waals surface area contributed by atoms with Crippen molar-refractivity contribution in [1.29, 1.82) is 0 Å². The van der Waals surface area contributed by atoms with Gasteiger partial charge in [-0.25, -0.2) is 0 Å². The summed E-state index contributed by atoms with van der Waals surface area (Å²) in [6.45, 7) is 33.2. The summed E-state index contributed by atoms with van der Waals surface area (Å²) in [7, 11) is 1.87. The average molecular weight is 625 g/mol. The molecule has 0 heterocycles. The number of rotatable bonds is 8. The Morgan fingerprint density at radius 1 is 0.733 bits per heavy atom. The molecule has 0 radical (unpaired) electrons. The van der Waals surface area contributed by atoms with Crippen LogP contribution in [-0.4, -0.2) is 20.1 Å². The maximum Gasteiger partial charge on any atom is 0.0314 e. The topological polar surface area (TPSA) is 76.1 Å². The molecule has 1 aliphatic rings. The second-order valence-electron chi connectivity index (χ2n) is 9.57. The van der Waals surface area contributed by atoms with Crippen molar-refractivity contribution >= 4 is 5.69 Å². The van der Waals surface area contributed by atoms with Crippen LogP contribution in [0.1, 0.15) is 119 Å². The van der Waals surface area contributed by atoms with Gasteiger partial charge in [-0.15, -0.1) is 0 Å². The van der Waals surface area contributed by atoms with Gasteiger partial charge in [0, 0.05) is 12.2 Å². The third-order valence-electron chi connectivity index (χ3n) is 5.76. The van der Waals surface area contributed by atoms with E-state index in [0.29, 0.717) is 5.92 Å². The summed E-state index contributed by atoms with van der Waals surface area (Å²) in [6.07, 6.45) is 13.7. The van der Waals surface area contributed by atoms with E-state index >= 15 is 0 Å². The highest BCUT2D eigenvalue weighted by atomic mass is 15.3. The van der Waals surface area contributed by atoms with Gasteiger partial charge in [0.25, 0.3) is 0 Å². The summed E-state index contributed by atoms with van der Waals surface area (Å²) in [6, 6.07) is 16.7. The van der Waals surface area contributed by atoms with Crippen LogP contribution in [0.4, 0.5) is 5.69 Å². The molecule has 6 N–H and O–H groups in total. The Labute approximate surface area is 282 Å². The summed E-state index contributed by atoms with van der Waals surface area (Å²) < 4.78 is 0. The van der Waals surface area contributed by atoms with Crippen molar-refractivity contribution in [3.63, 3.8) is 0 Å². The first-order chi connectivity index (χ1) is 21.7. The zero-order valence-electron chi connectivity index (χ0n) is 32.0. The van der Waals surface area contributed by atoms with E-state index in [2.05, 4.69) is 100 Å². The molecule has 0 aromatic heterocycles. The van der Waals surface area contributed by atoms with Crippen LogP contribution in [0.25, 0.3) is 0 Å². The highest BCUT2D eigenvalue weighted by Crippen LogP contribution is 2.16. The Hall–Kier alpha value is -2.92. The molecule has 3 rings (SSSR count). The number of allylic oxidation sites excluding steroid dienone is 6. The maximum absolute atomic E-state index is 5.64. The van der Waals surface area contributed by atoms with Crippen LogP contribution in [0.15, 0.2) is 97.1 Å². The molecule has 2 aromatic rings. The van der Waals surface area contributed by atoms with Gasteiger partial charge in [0.15, 0.2) is 0 Å². The number of hydrogen-bond donors (Lipinski definition) is 4. The molecule has 0 bridgehead atoms. The van der Waals surface area contributed by atoms with E-state index in [9.17, 15) is 0 Å². The number of nitrogens with one attached hydrogen (secondary N) is 2. The second kappa shape index (κ2) is 43.2. The highest BCUT2D eigenvalue weighted by molar-refractivity contribution is 5.40. The van der Waals surface area contributed by atoms with Crippen molar-refractivity contribution in [1.82, 2.24) is 10.9 Å². The summed E-state index contributed by atoms with van der Waals surface area (Å²) >= 11 is 0. The van der Waals surface area contributed by atoms with Crippen molar-refractivity contribution in [2.45, 2.75) is 115 Å². The Balaban J connectivity index is -0.000000156. The number of nitrogen functional groups attached to an aromatic ring is 1. The van der Waals surface area contributed by atoms with Gasteiger partial charge in [0.05, 0.1) is 0 Å². The lowest BCUT2D eigenvalue weighted by atomic mass is 10.0. The van der Waals surface area contributed by atoms with E-state index in [1.54, 1.807) is 12.2 Å². The second-order valence-corrected chi connectivity index (χ2v) is 9.57. The molecule has 0 amide bonds. The molecule has 2 aromatic carbocycles. The molecular weight excluding hydrogens is 548 g/mol. The van der Waals surface area contributed by atoms with Gasteiger partial charge >= 0.3 is 0 Å². The summed E-state index contributed by atoms with van der Waals surface area (Å²) in [5.74, 6) is 0.669. The third kappa shape index (κ3) is 39.1. The van der Waals surface area contributed by atoms with Crippen molar-refractivity contribution in [2.24, 2.45) is 11.7 Å².